The van der Waals surface area contributed by atoms with Gasteiger partial charge < -0.3 is 10.1 Å². The van der Waals surface area contributed by atoms with Gasteiger partial charge in [0.2, 0.25) is 5.88 Å². The van der Waals surface area contributed by atoms with Crippen LogP contribution in [0.4, 0.5) is 0 Å². The van der Waals surface area contributed by atoms with Gasteiger partial charge in [0.1, 0.15) is 12.4 Å². The number of benzene rings is 1. The Morgan fingerprint density at radius 3 is 2.78 bits per heavy atom. The van der Waals surface area contributed by atoms with Crippen molar-refractivity contribution >= 4 is 11.6 Å². The van der Waals surface area contributed by atoms with Crippen LogP contribution in [-0.2, 0) is 19.4 Å². The lowest BCUT2D eigenvalue weighted by molar-refractivity contribution is 0.288. The van der Waals surface area contributed by atoms with Crippen LogP contribution in [-0.4, -0.2) is 23.1 Å². The van der Waals surface area contributed by atoms with Gasteiger partial charge in [-0.15, -0.1) is 0 Å². The summed E-state index contributed by atoms with van der Waals surface area (Å²) in [6.07, 6.45) is 4.25. The number of aromatic nitrogens is 2. The van der Waals surface area contributed by atoms with E-state index in [0.717, 1.165) is 59.5 Å². The Kier molecular flexibility index (Phi) is 4.19. The number of hydrogen-bond donors (Lipinski definition) is 1. The fraction of sp³-hybridized carbons (Fsp3) is 0.444. The molecule has 1 aromatic heterocycles. The van der Waals surface area contributed by atoms with Crippen molar-refractivity contribution in [2.24, 2.45) is 0 Å². The van der Waals surface area contributed by atoms with E-state index in [1.54, 1.807) is 0 Å². The van der Waals surface area contributed by atoms with E-state index in [-0.39, 0.29) is 0 Å². The predicted octanol–water partition coefficient (Wildman–Crippen LogP) is 3.27. The maximum absolute atomic E-state index is 6.23. The minimum absolute atomic E-state index is 0.445. The van der Waals surface area contributed by atoms with E-state index in [2.05, 4.69) is 5.32 Å². The van der Waals surface area contributed by atoms with Crippen molar-refractivity contribution in [3.63, 3.8) is 0 Å². The molecule has 0 saturated heterocycles. The summed E-state index contributed by atoms with van der Waals surface area (Å²) < 4.78 is 6.08. The Balaban J connectivity index is 1.63. The van der Waals surface area contributed by atoms with Crippen molar-refractivity contribution in [3.05, 3.63) is 51.9 Å². The number of hydrogen-bond acceptors (Lipinski definition) is 4. The number of nitrogens with one attached hydrogen (secondary N) is 1. The van der Waals surface area contributed by atoms with Crippen LogP contribution in [0, 0.1) is 0 Å². The van der Waals surface area contributed by atoms with E-state index >= 15 is 0 Å². The maximum atomic E-state index is 6.23. The van der Waals surface area contributed by atoms with Gasteiger partial charge in [0.25, 0.3) is 0 Å². The first-order chi connectivity index (χ1) is 11.3. The van der Waals surface area contributed by atoms with Crippen LogP contribution in [0.1, 0.15) is 41.4 Å². The molecular formula is C18H20ClN3O. The third-order valence-corrected chi connectivity index (χ3v) is 4.80. The van der Waals surface area contributed by atoms with E-state index in [1.807, 2.05) is 24.3 Å². The van der Waals surface area contributed by atoms with Gasteiger partial charge in [-0.3, -0.25) is 0 Å². The molecule has 0 spiro atoms. The highest BCUT2D eigenvalue weighted by atomic mass is 35.5. The van der Waals surface area contributed by atoms with Crippen LogP contribution in [0.5, 0.6) is 5.88 Å². The number of ether oxygens (including phenoxy) is 1. The number of halogens is 1. The van der Waals surface area contributed by atoms with Crippen LogP contribution in [0.15, 0.2) is 24.3 Å². The van der Waals surface area contributed by atoms with Crippen LogP contribution in [0.25, 0.3) is 0 Å². The van der Waals surface area contributed by atoms with Crippen molar-refractivity contribution in [2.45, 2.75) is 38.2 Å². The second-order valence-electron chi connectivity index (χ2n) is 6.22. The molecular weight excluding hydrogens is 310 g/mol. The lowest BCUT2D eigenvalue weighted by atomic mass is 10.1. The summed E-state index contributed by atoms with van der Waals surface area (Å²) in [5.41, 5.74) is 3.30. The third-order valence-electron chi connectivity index (χ3n) is 4.43. The number of rotatable bonds is 4. The average molecular weight is 330 g/mol. The van der Waals surface area contributed by atoms with Gasteiger partial charge in [-0.05, 0) is 31.9 Å². The zero-order valence-corrected chi connectivity index (χ0v) is 13.8. The van der Waals surface area contributed by atoms with Gasteiger partial charge in [-0.1, -0.05) is 29.8 Å². The average Bonchev–Trinajstić information content (AvgIpc) is 3.40. The molecule has 1 fully saturated rings. The van der Waals surface area contributed by atoms with Gasteiger partial charge in [-0.25, -0.2) is 4.98 Å². The van der Waals surface area contributed by atoms with E-state index in [9.17, 15) is 0 Å². The second-order valence-corrected chi connectivity index (χ2v) is 6.62. The maximum Gasteiger partial charge on any atom is 0.220 e. The molecule has 1 N–H and O–H groups in total. The highest BCUT2D eigenvalue weighted by Gasteiger charge is 2.29. The molecule has 1 saturated carbocycles. The minimum Gasteiger partial charge on any atom is -0.472 e. The van der Waals surface area contributed by atoms with Gasteiger partial charge in [-0.2, -0.15) is 4.98 Å². The van der Waals surface area contributed by atoms with Crippen molar-refractivity contribution < 1.29 is 4.74 Å². The lowest BCUT2D eigenvalue weighted by Crippen LogP contribution is -2.16. The molecule has 2 aromatic rings. The normalized spacial score (nSPS) is 17.4. The Hall–Kier alpha value is -1.65. The standard InChI is InChI=1S/C18H20ClN3O/c19-15-4-2-1-3-13(15)11-23-18-14-7-9-20-10-8-16(14)21-17(22-18)12-5-6-12/h1-4,12,20H,5-11H2. The Morgan fingerprint density at radius 2 is 1.96 bits per heavy atom. The van der Waals surface area contributed by atoms with Gasteiger partial charge in [0.05, 0.1) is 5.69 Å². The summed E-state index contributed by atoms with van der Waals surface area (Å²) in [5, 5.41) is 4.16. The molecule has 1 aliphatic heterocycles. The SMILES string of the molecule is Clc1ccccc1COc1nc(C2CC2)nc2c1CCNCC2. The molecule has 0 atom stereocenters. The summed E-state index contributed by atoms with van der Waals surface area (Å²) in [5.74, 6) is 2.24. The zero-order valence-electron chi connectivity index (χ0n) is 13.0. The van der Waals surface area contributed by atoms with Gasteiger partial charge in [0, 0.05) is 35.0 Å². The molecule has 5 heteroatoms. The highest BCUT2D eigenvalue weighted by molar-refractivity contribution is 6.31. The van der Waals surface area contributed by atoms with Crippen molar-refractivity contribution in [2.75, 3.05) is 13.1 Å². The fourth-order valence-electron chi connectivity index (χ4n) is 2.93. The van der Waals surface area contributed by atoms with Crippen molar-refractivity contribution in [1.82, 2.24) is 15.3 Å². The molecule has 4 nitrogen and oxygen atoms in total. The second kappa shape index (κ2) is 6.46. The lowest BCUT2D eigenvalue weighted by Gasteiger charge is -2.14. The molecule has 2 aliphatic rings. The molecule has 0 unspecified atom stereocenters. The topological polar surface area (TPSA) is 47.0 Å². The molecule has 1 aliphatic carbocycles. The molecule has 120 valence electrons. The molecule has 4 rings (SSSR count). The molecule has 0 radical (unpaired) electrons. The summed E-state index contributed by atoms with van der Waals surface area (Å²) in [6, 6.07) is 7.79. The van der Waals surface area contributed by atoms with Gasteiger partial charge >= 0.3 is 0 Å². The molecule has 2 heterocycles. The zero-order chi connectivity index (χ0) is 15.6. The Bertz CT molecular complexity index is 715. The monoisotopic (exact) mass is 329 g/mol. The summed E-state index contributed by atoms with van der Waals surface area (Å²) in [6.45, 7) is 2.36. The largest absolute Gasteiger partial charge is 0.472 e. The quantitative estimate of drug-likeness (QED) is 0.935. The van der Waals surface area contributed by atoms with Crippen LogP contribution >= 0.6 is 11.6 Å². The summed E-state index contributed by atoms with van der Waals surface area (Å²) >= 11 is 6.23. The predicted molar refractivity (Wildman–Crippen MR) is 90.1 cm³/mol. The van der Waals surface area contributed by atoms with E-state index in [0.29, 0.717) is 12.5 Å². The van der Waals surface area contributed by atoms with E-state index in [4.69, 9.17) is 26.3 Å². The number of fused-ring (bicyclic) bond motifs is 1. The summed E-state index contributed by atoms with van der Waals surface area (Å²) in [7, 11) is 0. The van der Waals surface area contributed by atoms with Crippen LogP contribution < -0.4 is 10.1 Å². The summed E-state index contributed by atoms with van der Waals surface area (Å²) in [4.78, 5) is 9.54. The molecule has 0 amide bonds. The minimum atomic E-state index is 0.445. The first-order valence-corrected chi connectivity index (χ1v) is 8.65. The van der Waals surface area contributed by atoms with Crippen molar-refractivity contribution in [1.29, 1.82) is 0 Å². The van der Waals surface area contributed by atoms with E-state index in [1.165, 1.54) is 12.8 Å². The first-order valence-electron chi connectivity index (χ1n) is 8.28. The number of nitrogens with zero attached hydrogens (tertiary/aromatic N) is 2. The van der Waals surface area contributed by atoms with Crippen LogP contribution in [0.2, 0.25) is 5.02 Å². The first kappa shape index (κ1) is 14.9. The molecule has 23 heavy (non-hydrogen) atoms. The van der Waals surface area contributed by atoms with E-state index < -0.39 is 0 Å². The Labute approximate surface area is 141 Å². The Morgan fingerprint density at radius 1 is 1.13 bits per heavy atom. The van der Waals surface area contributed by atoms with Crippen LogP contribution in [0.3, 0.4) is 0 Å². The smallest absolute Gasteiger partial charge is 0.220 e. The molecule has 0 bridgehead atoms. The molecule has 1 aromatic carbocycles. The third kappa shape index (κ3) is 3.33. The van der Waals surface area contributed by atoms with Gasteiger partial charge in [0.15, 0.2) is 0 Å². The van der Waals surface area contributed by atoms with Crippen molar-refractivity contribution in [3.8, 4) is 5.88 Å². The highest BCUT2D eigenvalue weighted by Crippen LogP contribution is 2.39. The fourth-order valence-corrected chi connectivity index (χ4v) is 3.12.